The van der Waals surface area contributed by atoms with E-state index in [9.17, 15) is 0 Å². The largest absolute Gasteiger partial charge is 0.380 e. The first kappa shape index (κ1) is 22.8. The van der Waals surface area contributed by atoms with Crippen LogP contribution < -0.4 is 5.32 Å². The van der Waals surface area contributed by atoms with Gasteiger partial charge in [0.05, 0.1) is 5.52 Å². The number of rotatable bonds is 12. The molecule has 0 saturated carbocycles. The second-order valence-corrected chi connectivity index (χ2v) is 9.53. The van der Waals surface area contributed by atoms with Crippen LogP contribution in [0.2, 0.25) is 0 Å². The number of anilines is 1. The van der Waals surface area contributed by atoms with Crippen molar-refractivity contribution in [1.29, 1.82) is 0 Å². The smallest absolute Gasteiger partial charge is 0.0726 e. The topological polar surface area (TPSA) is 24.9 Å². The molecule has 2 nitrogen and oxygen atoms in total. The summed E-state index contributed by atoms with van der Waals surface area (Å²) in [4.78, 5) is 5.08. The monoisotopic (exact) mass is 428 g/mol. The molecule has 0 unspecified atom stereocenters. The number of hydrogen-bond acceptors (Lipinski definition) is 2. The van der Waals surface area contributed by atoms with E-state index in [0.29, 0.717) is 0 Å². The predicted molar refractivity (Wildman–Crippen MR) is 138 cm³/mol. The van der Waals surface area contributed by atoms with E-state index in [-0.39, 0.29) is 0 Å². The van der Waals surface area contributed by atoms with Gasteiger partial charge in [-0.1, -0.05) is 88.3 Å². The molecule has 0 saturated heterocycles. The summed E-state index contributed by atoms with van der Waals surface area (Å²) in [6.07, 6.45) is 17.0. The lowest BCUT2D eigenvalue weighted by molar-refractivity contribution is 0.575. The maximum Gasteiger partial charge on any atom is 0.0726 e. The van der Waals surface area contributed by atoms with Gasteiger partial charge in [0.15, 0.2) is 0 Å². The number of hydrogen-bond donors (Lipinski definition) is 1. The fourth-order valence-electron chi connectivity index (χ4n) is 5.08. The molecule has 2 aromatic carbocycles. The van der Waals surface area contributed by atoms with Gasteiger partial charge >= 0.3 is 0 Å². The van der Waals surface area contributed by atoms with Crippen LogP contribution >= 0.6 is 0 Å². The first-order valence-electron chi connectivity index (χ1n) is 13.1. The minimum atomic E-state index is 0.870. The molecule has 1 aliphatic carbocycles. The normalized spacial score (nSPS) is 13.3. The van der Waals surface area contributed by atoms with Crippen molar-refractivity contribution in [1.82, 2.24) is 4.98 Å². The highest BCUT2D eigenvalue weighted by atomic mass is 14.9. The van der Waals surface area contributed by atoms with E-state index in [0.717, 1.165) is 24.9 Å². The Kier molecular flexibility index (Phi) is 8.59. The third-order valence-electron chi connectivity index (χ3n) is 6.96. The average molecular weight is 429 g/mol. The van der Waals surface area contributed by atoms with E-state index < -0.39 is 0 Å². The Balaban J connectivity index is 1.45. The van der Waals surface area contributed by atoms with Gasteiger partial charge < -0.3 is 5.32 Å². The van der Waals surface area contributed by atoms with Crippen LogP contribution in [0.5, 0.6) is 0 Å². The number of nitrogens with zero attached hydrogens (tertiary/aromatic N) is 1. The van der Waals surface area contributed by atoms with Gasteiger partial charge in [0, 0.05) is 23.3 Å². The lowest BCUT2D eigenvalue weighted by Crippen LogP contribution is -2.11. The van der Waals surface area contributed by atoms with Crippen LogP contribution in [0.15, 0.2) is 48.5 Å². The molecule has 0 atom stereocenters. The van der Waals surface area contributed by atoms with E-state index >= 15 is 0 Å². The molecule has 4 rings (SSSR count). The van der Waals surface area contributed by atoms with Gasteiger partial charge in [0.1, 0.15) is 0 Å². The molecule has 0 spiro atoms. The molecule has 0 amide bonds. The second kappa shape index (κ2) is 12.0. The number of aryl methyl sites for hydroxylation is 2. The molecule has 0 radical (unpaired) electrons. The number of unbranched alkanes of at least 4 members (excludes halogenated alkanes) is 7. The van der Waals surface area contributed by atoms with Crippen molar-refractivity contribution in [3.05, 3.63) is 70.9 Å². The summed E-state index contributed by atoms with van der Waals surface area (Å²) in [5, 5.41) is 5.14. The maximum atomic E-state index is 5.08. The quantitative estimate of drug-likeness (QED) is 0.293. The van der Waals surface area contributed by atoms with Crippen LogP contribution in [0.4, 0.5) is 5.69 Å². The Morgan fingerprint density at radius 2 is 1.53 bits per heavy atom. The van der Waals surface area contributed by atoms with Gasteiger partial charge in [-0.2, -0.15) is 0 Å². The molecule has 0 bridgehead atoms. The van der Waals surface area contributed by atoms with E-state index in [1.807, 2.05) is 0 Å². The second-order valence-electron chi connectivity index (χ2n) is 9.53. The minimum absolute atomic E-state index is 0.870. The van der Waals surface area contributed by atoms with Crippen molar-refractivity contribution in [2.24, 2.45) is 0 Å². The molecular formula is C30H40N2. The van der Waals surface area contributed by atoms with Crippen LogP contribution in [-0.4, -0.2) is 4.98 Å². The summed E-state index contributed by atoms with van der Waals surface area (Å²) in [6.45, 7) is 3.16. The molecule has 0 aliphatic heterocycles. The molecule has 1 heterocycles. The van der Waals surface area contributed by atoms with Crippen LogP contribution in [-0.2, 0) is 25.8 Å². The zero-order valence-electron chi connectivity index (χ0n) is 20.0. The van der Waals surface area contributed by atoms with Crippen molar-refractivity contribution < 1.29 is 0 Å². The molecule has 1 aliphatic rings. The minimum Gasteiger partial charge on any atom is -0.380 e. The predicted octanol–water partition coefficient (Wildman–Crippen LogP) is 8.41. The Labute approximate surface area is 194 Å². The van der Waals surface area contributed by atoms with Crippen molar-refractivity contribution >= 4 is 16.6 Å². The number of fused-ring (bicyclic) bond motifs is 2. The Morgan fingerprint density at radius 3 is 2.34 bits per heavy atom. The zero-order chi connectivity index (χ0) is 22.0. The van der Waals surface area contributed by atoms with Crippen molar-refractivity contribution in [3.8, 4) is 0 Å². The summed E-state index contributed by atoms with van der Waals surface area (Å²) in [5.74, 6) is 0. The Hall–Kier alpha value is -2.35. The molecule has 170 valence electrons. The van der Waals surface area contributed by atoms with Crippen LogP contribution in [0, 0.1) is 0 Å². The van der Waals surface area contributed by atoms with E-state index in [4.69, 9.17) is 4.98 Å². The highest BCUT2D eigenvalue weighted by Crippen LogP contribution is 2.34. The van der Waals surface area contributed by atoms with Crippen LogP contribution in [0.25, 0.3) is 10.9 Å². The zero-order valence-corrected chi connectivity index (χ0v) is 20.0. The molecular weight excluding hydrogens is 388 g/mol. The molecule has 32 heavy (non-hydrogen) atoms. The number of nitrogens with one attached hydrogen (secondary N) is 1. The van der Waals surface area contributed by atoms with Crippen molar-refractivity contribution in [2.75, 3.05) is 5.32 Å². The summed E-state index contributed by atoms with van der Waals surface area (Å²) in [6, 6.07) is 17.7. The van der Waals surface area contributed by atoms with Crippen LogP contribution in [0.1, 0.15) is 93.5 Å². The fourth-order valence-corrected chi connectivity index (χ4v) is 5.08. The maximum absolute atomic E-state index is 5.08. The SMILES string of the molecule is CCCCCCCCCCc1ccc2nc3c(c(NCc4ccccc4)c2c1)CCCC3. The van der Waals surface area contributed by atoms with Gasteiger partial charge in [-0.15, -0.1) is 0 Å². The van der Waals surface area contributed by atoms with Gasteiger partial charge in [-0.05, 0) is 67.3 Å². The van der Waals surface area contributed by atoms with E-state index in [2.05, 4.69) is 60.8 Å². The van der Waals surface area contributed by atoms with Gasteiger partial charge in [-0.25, -0.2) is 0 Å². The van der Waals surface area contributed by atoms with Gasteiger partial charge in [0.2, 0.25) is 0 Å². The summed E-state index contributed by atoms with van der Waals surface area (Å²) in [5.41, 5.74) is 8.06. The van der Waals surface area contributed by atoms with Gasteiger partial charge in [0.25, 0.3) is 0 Å². The Morgan fingerprint density at radius 1 is 0.781 bits per heavy atom. The van der Waals surface area contributed by atoms with E-state index in [1.165, 1.54) is 104 Å². The number of aromatic nitrogens is 1. The molecule has 3 aromatic rings. The third-order valence-corrected chi connectivity index (χ3v) is 6.96. The van der Waals surface area contributed by atoms with Crippen LogP contribution in [0.3, 0.4) is 0 Å². The molecule has 0 fully saturated rings. The lowest BCUT2D eigenvalue weighted by atomic mass is 9.92. The lowest BCUT2D eigenvalue weighted by Gasteiger charge is -2.22. The summed E-state index contributed by atoms with van der Waals surface area (Å²) < 4.78 is 0. The first-order valence-corrected chi connectivity index (χ1v) is 13.1. The average Bonchev–Trinajstić information content (AvgIpc) is 2.84. The van der Waals surface area contributed by atoms with Crippen molar-refractivity contribution in [3.63, 3.8) is 0 Å². The fraction of sp³-hybridized carbons (Fsp3) is 0.500. The number of pyridine rings is 1. The molecule has 2 heteroatoms. The highest BCUT2D eigenvalue weighted by Gasteiger charge is 2.18. The molecule has 1 N–H and O–H groups in total. The summed E-state index contributed by atoms with van der Waals surface area (Å²) >= 11 is 0. The number of benzene rings is 2. The molecule has 1 aromatic heterocycles. The first-order chi connectivity index (χ1) is 15.8. The van der Waals surface area contributed by atoms with Crippen molar-refractivity contribution in [2.45, 2.75) is 96.9 Å². The standard InChI is InChI=1S/C30H40N2/c1-2-3-4-5-6-7-8-10-15-24-20-21-29-27(22-24)30(26-18-13-14-19-28(26)32-29)31-23-25-16-11-9-12-17-25/h9,11-12,16-17,20-22H,2-8,10,13-15,18-19,23H2,1H3,(H,31,32). The van der Waals surface area contributed by atoms with E-state index in [1.54, 1.807) is 0 Å². The third kappa shape index (κ3) is 6.12. The Bertz CT molecular complexity index is 977. The van der Waals surface area contributed by atoms with Gasteiger partial charge in [-0.3, -0.25) is 4.98 Å². The highest BCUT2D eigenvalue weighted by molar-refractivity contribution is 5.94. The summed E-state index contributed by atoms with van der Waals surface area (Å²) in [7, 11) is 0.